The smallest absolute Gasteiger partial charge is 0.336 e. The zero-order valence-electron chi connectivity index (χ0n) is 37.7. The Kier molecular flexibility index (Phi) is 20.7. The van der Waals surface area contributed by atoms with Crippen LogP contribution in [-0.4, -0.2) is 57.3 Å². The van der Waals surface area contributed by atoms with Gasteiger partial charge in [0, 0.05) is 104 Å². The summed E-state index contributed by atoms with van der Waals surface area (Å²) in [7, 11) is 0. The van der Waals surface area contributed by atoms with Gasteiger partial charge < -0.3 is 19.5 Å². The molecule has 0 aliphatic carbocycles. The summed E-state index contributed by atoms with van der Waals surface area (Å²) in [4.78, 5) is 36.6. The van der Waals surface area contributed by atoms with Gasteiger partial charge in [-0.25, -0.2) is 4.79 Å². The van der Waals surface area contributed by atoms with Crippen LogP contribution in [0.15, 0.2) is 165 Å². The van der Waals surface area contributed by atoms with Crippen molar-refractivity contribution in [3.63, 3.8) is 0 Å². The first kappa shape index (κ1) is 49.7. The molecular weight excluding hydrogens is 898 g/mol. The topological polar surface area (TPSA) is 144 Å². The molecule has 7 aromatic heterocycles. The zero-order valence-corrected chi connectivity index (χ0v) is 39.4. The quantitative estimate of drug-likeness (QED) is 0.0651. The summed E-state index contributed by atoms with van der Waals surface area (Å²) >= 11 is 0. The molecule has 0 amide bonds. The summed E-state index contributed by atoms with van der Waals surface area (Å²) in [5, 5.41) is 9.17. The molecule has 0 atom stereocenters. The fourth-order valence-electron chi connectivity index (χ4n) is 7.01. The molecule has 12 heteroatoms. The standard InChI is InChI=1S/C27H33N3O3.2C10H8N2.C6H9N.Ru/c1-18-15-25(31)33-26-19(2)27-23(16-22(18)26)24(20(3)32-27)17-30-11-5-4-10-28-12-6-7-21-8-13-29-14-9-21;2*1-3-7-11-9(5-1)10-6-2-4-8-12-10;1-6-2-4-7-5-3-6;/h8-9,13-16,28,30H,4-7,10-12,17H2,1-3H3;2*1-8H;2,4H,3,5H2,1H3;. The van der Waals surface area contributed by atoms with Crippen molar-refractivity contribution in [2.75, 3.05) is 26.2 Å². The Morgan fingerprint density at radius 1 is 0.600 bits per heavy atom. The third-order valence-electron chi connectivity index (χ3n) is 10.5. The number of unbranched alkanes of at least 4 members (excludes halogenated alkanes) is 1. The van der Waals surface area contributed by atoms with Gasteiger partial charge in [0.25, 0.3) is 0 Å². The van der Waals surface area contributed by atoms with E-state index in [0.717, 1.165) is 121 Å². The van der Waals surface area contributed by atoms with Crippen LogP contribution >= 0.6 is 0 Å². The van der Waals surface area contributed by atoms with Crippen LogP contribution in [0.1, 0.15) is 60.6 Å². The van der Waals surface area contributed by atoms with Crippen LogP contribution in [0.5, 0.6) is 0 Å². The Hall–Kier alpha value is -6.33. The molecule has 0 saturated carbocycles. The van der Waals surface area contributed by atoms with Crippen molar-refractivity contribution in [3.8, 4) is 22.8 Å². The van der Waals surface area contributed by atoms with Crippen LogP contribution in [0.4, 0.5) is 0 Å². The van der Waals surface area contributed by atoms with Crippen molar-refractivity contribution in [3.05, 3.63) is 184 Å². The van der Waals surface area contributed by atoms with Gasteiger partial charge in [-0.05, 0) is 163 Å². The molecule has 0 radical (unpaired) electrons. The van der Waals surface area contributed by atoms with E-state index in [0.29, 0.717) is 5.58 Å². The van der Waals surface area contributed by atoms with E-state index >= 15 is 0 Å². The summed E-state index contributed by atoms with van der Waals surface area (Å²) in [5.41, 5.74) is 10.5. The molecule has 0 bridgehead atoms. The molecule has 8 aromatic rings. The van der Waals surface area contributed by atoms with Crippen LogP contribution in [0.3, 0.4) is 0 Å². The molecule has 0 spiro atoms. The maximum absolute atomic E-state index is 11.8. The molecule has 9 rings (SSSR count). The molecule has 1 aliphatic heterocycles. The van der Waals surface area contributed by atoms with Crippen molar-refractivity contribution in [2.45, 2.75) is 66.3 Å². The molecular formula is C53H58N8O3Ru. The maximum atomic E-state index is 11.8. The number of allylic oxidation sites excluding steroid dienone is 1. The van der Waals surface area contributed by atoms with Gasteiger partial charge >= 0.3 is 5.63 Å². The van der Waals surface area contributed by atoms with E-state index in [2.05, 4.69) is 71.7 Å². The third kappa shape index (κ3) is 15.7. The van der Waals surface area contributed by atoms with Crippen molar-refractivity contribution in [1.82, 2.24) is 35.6 Å². The first-order chi connectivity index (χ1) is 31.4. The number of nitrogens with one attached hydrogen (secondary N) is 2. The van der Waals surface area contributed by atoms with Gasteiger partial charge in [0.05, 0.1) is 22.8 Å². The number of benzene rings is 1. The summed E-state index contributed by atoms with van der Waals surface area (Å²) in [6.45, 7) is 12.8. The molecule has 8 heterocycles. The Bertz CT molecular complexity index is 2580. The van der Waals surface area contributed by atoms with Gasteiger partial charge in [0.15, 0.2) is 0 Å². The van der Waals surface area contributed by atoms with Gasteiger partial charge in [-0.1, -0.05) is 29.8 Å². The van der Waals surface area contributed by atoms with E-state index in [9.17, 15) is 4.79 Å². The summed E-state index contributed by atoms with van der Waals surface area (Å²) in [5.74, 6) is 0.909. The number of furan rings is 1. The molecule has 336 valence electrons. The Morgan fingerprint density at radius 2 is 1.14 bits per heavy atom. The molecule has 0 unspecified atom stereocenters. The number of nitrogens with zero attached hydrogens (tertiary/aromatic N) is 6. The average molecular weight is 956 g/mol. The fraction of sp³-hybridized carbons (Fsp3) is 0.264. The summed E-state index contributed by atoms with van der Waals surface area (Å²) < 4.78 is 11.5. The van der Waals surface area contributed by atoms with Crippen molar-refractivity contribution >= 4 is 28.2 Å². The van der Waals surface area contributed by atoms with Crippen molar-refractivity contribution < 1.29 is 28.3 Å². The van der Waals surface area contributed by atoms with Crippen molar-refractivity contribution in [1.29, 1.82) is 0 Å². The molecule has 1 aliphatic rings. The predicted molar refractivity (Wildman–Crippen MR) is 260 cm³/mol. The second-order valence-electron chi connectivity index (χ2n) is 15.4. The van der Waals surface area contributed by atoms with Crippen molar-refractivity contribution in [2.24, 2.45) is 4.99 Å². The Morgan fingerprint density at radius 3 is 1.63 bits per heavy atom. The molecule has 0 fully saturated rings. The number of hydrogen-bond acceptors (Lipinski definition) is 11. The number of aryl methyl sites for hydroxylation is 4. The van der Waals surface area contributed by atoms with Crippen LogP contribution in [-0.2, 0) is 32.4 Å². The third-order valence-corrected chi connectivity index (χ3v) is 10.5. The van der Waals surface area contributed by atoms with E-state index in [1.807, 2.05) is 112 Å². The first-order valence-corrected chi connectivity index (χ1v) is 21.9. The molecule has 0 saturated heterocycles. The summed E-state index contributed by atoms with van der Waals surface area (Å²) in [6.07, 6.45) is 20.4. The molecule has 11 nitrogen and oxygen atoms in total. The van der Waals surface area contributed by atoms with E-state index < -0.39 is 0 Å². The largest absolute Gasteiger partial charge is 0.461 e. The van der Waals surface area contributed by atoms with E-state index in [1.54, 1.807) is 30.9 Å². The summed E-state index contributed by atoms with van der Waals surface area (Å²) in [6, 6.07) is 31.0. The van der Waals surface area contributed by atoms with Gasteiger partial charge in [-0.15, -0.1) is 0 Å². The minimum atomic E-state index is -0.323. The molecule has 1 aromatic carbocycles. The average Bonchev–Trinajstić information content (AvgIpc) is 3.66. The van der Waals surface area contributed by atoms with Gasteiger partial charge in [-0.3, -0.25) is 29.9 Å². The number of aromatic nitrogens is 5. The maximum Gasteiger partial charge on any atom is 0.336 e. The fourth-order valence-corrected chi connectivity index (χ4v) is 7.01. The number of pyridine rings is 5. The minimum absolute atomic E-state index is 0. The van der Waals surface area contributed by atoms with E-state index in [1.165, 1.54) is 16.7 Å². The Labute approximate surface area is 394 Å². The molecule has 2 N–H and O–H groups in total. The zero-order chi connectivity index (χ0) is 44.8. The normalized spacial score (nSPS) is 11.5. The van der Waals surface area contributed by atoms with E-state index in [-0.39, 0.29) is 25.1 Å². The van der Waals surface area contributed by atoms with Gasteiger partial charge in [-0.2, -0.15) is 0 Å². The minimum Gasteiger partial charge on any atom is -0.461 e. The first-order valence-electron chi connectivity index (χ1n) is 21.9. The van der Waals surface area contributed by atoms with Crippen LogP contribution < -0.4 is 16.3 Å². The number of hydrogen-bond donors (Lipinski definition) is 2. The van der Waals surface area contributed by atoms with E-state index in [4.69, 9.17) is 8.83 Å². The predicted octanol–water partition coefficient (Wildman–Crippen LogP) is 10.6. The number of fused-ring (bicyclic) bond motifs is 2. The van der Waals surface area contributed by atoms with Crippen LogP contribution in [0.2, 0.25) is 0 Å². The van der Waals surface area contributed by atoms with Gasteiger partial charge in [0.1, 0.15) is 16.9 Å². The second kappa shape index (κ2) is 27.1. The monoisotopic (exact) mass is 956 g/mol. The van der Waals surface area contributed by atoms with Crippen LogP contribution in [0.25, 0.3) is 44.7 Å². The number of rotatable bonds is 13. The van der Waals surface area contributed by atoms with Gasteiger partial charge in [0.2, 0.25) is 0 Å². The number of dihydropyridines is 1. The SMILES string of the molecule is CC1=CC=NCC1.Cc1oc2c(C)c3oc(=O)cc(C)c3cc2c1CNCCCCNCCCc1ccncc1.[Ru].c1ccc(-c2ccccn2)nc1.c1ccc(-c2ccccn2)nc1. The molecule has 65 heavy (non-hydrogen) atoms. The van der Waals surface area contributed by atoms with Crippen LogP contribution in [0, 0.1) is 20.8 Å². The number of aliphatic imine (C=N–C) groups is 1. The Balaban J connectivity index is 0.000000200. The second-order valence-corrected chi connectivity index (χ2v) is 15.4.